The molecule has 100 valence electrons. The Hall–Kier alpha value is -1.39. The zero-order valence-electron chi connectivity index (χ0n) is 11.0. The van der Waals surface area contributed by atoms with Crippen LogP contribution in [0.5, 0.6) is 0 Å². The largest absolute Gasteiger partial charge is 0.453 e. The Labute approximate surface area is 107 Å². The molecule has 1 aromatic rings. The van der Waals surface area contributed by atoms with E-state index >= 15 is 0 Å². The van der Waals surface area contributed by atoms with E-state index in [4.69, 9.17) is 4.74 Å². The lowest BCUT2D eigenvalue weighted by molar-refractivity contribution is -0.114. The van der Waals surface area contributed by atoms with E-state index in [2.05, 4.69) is 0 Å². The van der Waals surface area contributed by atoms with Gasteiger partial charge < -0.3 is 14.9 Å². The van der Waals surface area contributed by atoms with Crippen LogP contribution >= 0.6 is 0 Å². The smallest absolute Gasteiger partial charge is 0.338 e. The SMILES string of the molecule is CCC(O)C(OC(=O)c1ccccc1)C(C)(C)O. The summed E-state index contributed by atoms with van der Waals surface area (Å²) in [7, 11) is 0. The van der Waals surface area contributed by atoms with Crippen LogP contribution < -0.4 is 0 Å². The molecule has 0 fully saturated rings. The number of hydrogen-bond acceptors (Lipinski definition) is 4. The topological polar surface area (TPSA) is 66.8 Å². The van der Waals surface area contributed by atoms with Crippen LogP contribution in [-0.2, 0) is 4.74 Å². The molecule has 0 aromatic heterocycles. The van der Waals surface area contributed by atoms with Crippen molar-refractivity contribution in [1.82, 2.24) is 0 Å². The minimum absolute atomic E-state index is 0.398. The molecule has 1 rings (SSSR count). The predicted molar refractivity (Wildman–Crippen MR) is 68.2 cm³/mol. The first-order valence-electron chi connectivity index (χ1n) is 6.02. The van der Waals surface area contributed by atoms with Crippen molar-refractivity contribution in [3.8, 4) is 0 Å². The van der Waals surface area contributed by atoms with Gasteiger partial charge in [-0.15, -0.1) is 0 Å². The minimum Gasteiger partial charge on any atom is -0.453 e. The molecule has 0 aliphatic carbocycles. The van der Waals surface area contributed by atoms with E-state index in [1.165, 1.54) is 13.8 Å². The number of aliphatic hydroxyl groups is 2. The third kappa shape index (κ3) is 3.82. The maximum Gasteiger partial charge on any atom is 0.338 e. The predicted octanol–water partition coefficient (Wildman–Crippen LogP) is 1.75. The second-order valence-electron chi connectivity index (χ2n) is 4.82. The highest BCUT2D eigenvalue weighted by Crippen LogP contribution is 2.20. The molecule has 0 bridgehead atoms. The lowest BCUT2D eigenvalue weighted by atomic mass is 9.95. The van der Waals surface area contributed by atoms with Gasteiger partial charge in [-0.25, -0.2) is 4.79 Å². The monoisotopic (exact) mass is 252 g/mol. The van der Waals surface area contributed by atoms with E-state index in [9.17, 15) is 15.0 Å². The number of rotatable bonds is 5. The Kier molecular flexibility index (Phi) is 4.87. The Bertz CT molecular complexity index is 381. The molecule has 18 heavy (non-hydrogen) atoms. The quantitative estimate of drug-likeness (QED) is 0.783. The molecule has 2 N–H and O–H groups in total. The summed E-state index contributed by atoms with van der Waals surface area (Å²) in [5.41, 5.74) is -0.894. The van der Waals surface area contributed by atoms with E-state index < -0.39 is 23.8 Å². The Morgan fingerprint density at radius 1 is 1.33 bits per heavy atom. The first-order chi connectivity index (χ1) is 8.36. The van der Waals surface area contributed by atoms with E-state index in [1.807, 2.05) is 0 Å². The third-order valence-corrected chi connectivity index (χ3v) is 2.71. The summed E-state index contributed by atoms with van der Waals surface area (Å²) >= 11 is 0. The first kappa shape index (κ1) is 14.7. The zero-order chi connectivity index (χ0) is 13.8. The number of aliphatic hydroxyl groups excluding tert-OH is 1. The molecule has 0 heterocycles. The second kappa shape index (κ2) is 5.98. The maximum atomic E-state index is 11.9. The van der Waals surface area contributed by atoms with Gasteiger partial charge in [-0.1, -0.05) is 25.1 Å². The van der Waals surface area contributed by atoms with Crippen molar-refractivity contribution in [1.29, 1.82) is 0 Å². The molecule has 4 heteroatoms. The van der Waals surface area contributed by atoms with Gasteiger partial charge in [0.15, 0.2) is 6.10 Å². The molecule has 2 atom stereocenters. The highest BCUT2D eigenvalue weighted by molar-refractivity contribution is 5.89. The lowest BCUT2D eigenvalue weighted by Crippen LogP contribution is -2.47. The summed E-state index contributed by atoms with van der Waals surface area (Å²) in [5, 5.41) is 19.7. The van der Waals surface area contributed by atoms with Crippen molar-refractivity contribution in [2.24, 2.45) is 0 Å². The fraction of sp³-hybridized carbons (Fsp3) is 0.500. The molecule has 0 aliphatic rings. The summed E-state index contributed by atoms with van der Waals surface area (Å²) in [6, 6.07) is 8.51. The van der Waals surface area contributed by atoms with Gasteiger partial charge in [-0.05, 0) is 32.4 Å². The number of carbonyl (C=O) groups excluding carboxylic acids is 1. The third-order valence-electron chi connectivity index (χ3n) is 2.71. The maximum absolute atomic E-state index is 11.9. The van der Waals surface area contributed by atoms with Gasteiger partial charge in [-0.2, -0.15) is 0 Å². The molecule has 0 spiro atoms. The molecular weight excluding hydrogens is 232 g/mol. The number of benzene rings is 1. The highest BCUT2D eigenvalue weighted by Gasteiger charge is 2.36. The summed E-state index contributed by atoms with van der Waals surface area (Å²) in [4.78, 5) is 11.9. The number of hydrogen-bond donors (Lipinski definition) is 2. The van der Waals surface area contributed by atoms with Gasteiger partial charge in [0.2, 0.25) is 0 Å². The van der Waals surface area contributed by atoms with Gasteiger partial charge in [0.1, 0.15) is 0 Å². The van der Waals surface area contributed by atoms with Gasteiger partial charge in [0, 0.05) is 0 Å². The van der Waals surface area contributed by atoms with Crippen LogP contribution in [0.25, 0.3) is 0 Å². The fourth-order valence-corrected chi connectivity index (χ4v) is 1.67. The standard InChI is InChI=1S/C14H20O4/c1-4-11(15)12(14(2,3)17)18-13(16)10-8-6-5-7-9-10/h5-9,11-12,15,17H,4H2,1-3H3. The van der Waals surface area contributed by atoms with Crippen molar-refractivity contribution >= 4 is 5.97 Å². The average molecular weight is 252 g/mol. The molecule has 0 saturated carbocycles. The molecule has 0 radical (unpaired) electrons. The van der Waals surface area contributed by atoms with Crippen LogP contribution in [0.2, 0.25) is 0 Å². The van der Waals surface area contributed by atoms with Crippen LogP contribution in [0.3, 0.4) is 0 Å². The molecular formula is C14H20O4. The minimum atomic E-state index is -1.29. The van der Waals surface area contributed by atoms with E-state index in [-0.39, 0.29) is 0 Å². The number of ether oxygens (including phenoxy) is 1. The van der Waals surface area contributed by atoms with Crippen molar-refractivity contribution in [3.63, 3.8) is 0 Å². The fourth-order valence-electron chi connectivity index (χ4n) is 1.67. The van der Waals surface area contributed by atoms with Crippen LogP contribution in [0.1, 0.15) is 37.6 Å². The van der Waals surface area contributed by atoms with E-state index in [0.29, 0.717) is 12.0 Å². The van der Waals surface area contributed by atoms with Gasteiger partial charge in [0.25, 0.3) is 0 Å². The molecule has 1 aromatic carbocycles. The summed E-state index contributed by atoms with van der Waals surface area (Å²) in [5.74, 6) is -0.546. The number of carbonyl (C=O) groups is 1. The first-order valence-corrected chi connectivity index (χ1v) is 6.02. The van der Waals surface area contributed by atoms with Crippen LogP contribution in [0.4, 0.5) is 0 Å². The molecule has 0 aliphatic heterocycles. The Morgan fingerprint density at radius 3 is 2.33 bits per heavy atom. The summed E-state index contributed by atoms with van der Waals surface area (Å²) in [6.45, 7) is 4.78. The molecule has 0 saturated heterocycles. The zero-order valence-corrected chi connectivity index (χ0v) is 11.0. The van der Waals surface area contributed by atoms with Crippen molar-refractivity contribution in [2.45, 2.75) is 45.0 Å². The van der Waals surface area contributed by atoms with Crippen LogP contribution in [0, 0.1) is 0 Å². The summed E-state index contributed by atoms with van der Waals surface area (Å²) in [6.07, 6.45) is -1.44. The van der Waals surface area contributed by atoms with Gasteiger partial charge in [-0.3, -0.25) is 0 Å². The Balaban J connectivity index is 2.82. The van der Waals surface area contributed by atoms with E-state index in [0.717, 1.165) is 0 Å². The van der Waals surface area contributed by atoms with Gasteiger partial charge in [0.05, 0.1) is 17.3 Å². The van der Waals surface area contributed by atoms with Crippen LogP contribution in [-0.4, -0.2) is 34.0 Å². The van der Waals surface area contributed by atoms with Crippen molar-refractivity contribution in [3.05, 3.63) is 35.9 Å². The van der Waals surface area contributed by atoms with Gasteiger partial charge >= 0.3 is 5.97 Å². The van der Waals surface area contributed by atoms with Crippen molar-refractivity contribution < 1.29 is 19.7 Å². The van der Waals surface area contributed by atoms with E-state index in [1.54, 1.807) is 37.3 Å². The average Bonchev–Trinajstić information content (AvgIpc) is 2.34. The Morgan fingerprint density at radius 2 is 1.89 bits per heavy atom. The normalized spacial score (nSPS) is 14.9. The molecule has 4 nitrogen and oxygen atoms in total. The van der Waals surface area contributed by atoms with Crippen LogP contribution in [0.15, 0.2) is 30.3 Å². The molecule has 0 amide bonds. The second-order valence-corrected chi connectivity index (χ2v) is 4.82. The molecule has 2 unspecified atom stereocenters. The lowest BCUT2D eigenvalue weighted by Gasteiger charge is -2.32. The highest BCUT2D eigenvalue weighted by atomic mass is 16.6. The van der Waals surface area contributed by atoms with Crippen molar-refractivity contribution in [2.75, 3.05) is 0 Å². The summed E-state index contributed by atoms with van der Waals surface area (Å²) < 4.78 is 5.21. The number of esters is 1.